The number of pyridine rings is 1. The summed E-state index contributed by atoms with van der Waals surface area (Å²) in [4.78, 5) is 4.08. The maximum Gasteiger partial charge on any atom is 0.219 e. The number of nitrogens with zero attached hydrogens (tertiary/aromatic N) is 1. The molecule has 0 aliphatic heterocycles. The van der Waals surface area contributed by atoms with Crippen LogP contribution in [0.5, 0.6) is 11.6 Å². The number of halogens is 2. The summed E-state index contributed by atoms with van der Waals surface area (Å²) in [5.41, 5.74) is 1.04. The normalized spacial score (nSPS) is 10.5. The minimum Gasteiger partial charge on any atom is -0.436 e. The molecule has 0 saturated heterocycles. The highest BCUT2D eigenvalue weighted by atomic mass is 79.9. The lowest BCUT2D eigenvalue weighted by Gasteiger charge is -2.08. The van der Waals surface area contributed by atoms with E-state index in [0.29, 0.717) is 5.88 Å². The van der Waals surface area contributed by atoms with Gasteiger partial charge in [-0.1, -0.05) is 22.9 Å². The van der Waals surface area contributed by atoms with E-state index in [0.717, 1.165) is 23.1 Å². The van der Waals surface area contributed by atoms with E-state index in [1.54, 1.807) is 24.4 Å². The summed E-state index contributed by atoms with van der Waals surface area (Å²) < 4.78 is 19.8. The van der Waals surface area contributed by atoms with Crippen LogP contribution in [0.2, 0.25) is 0 Å². The number of benzene rings is 1. The Morgan fingerprint density at radius 1 is 1.32 bits per heavy atom. The Morgan fingerprint density at radius 2 is 2.16 bits per heavy atom. The Kier molecular flexibility index (Phi) is 4.87. The maximum atomic E-state index is 13.6. The molecule has 2 rings (SSSR count). The molecule has 0 aliphatic rings. The van der Waals surface area contributed by atoms with Crippen LogP contribution in [0.1, 0.15) is 12.5 Å². The minimum atomic E-state index is -0.415. The van der Waals surface area contributed by atoms with E-state index < -0.39 is 5.82 Å². The van der Waals surface area contributed by atoms with E-state index in [2.05, 4.69) is 26.2 Å². The van der Waals surface area contributed by atoms with Crippen LogP contribution in [0.25, 0.3) is 0 Å². The Balaban J connectivity index is 2.16. The van der Waals surface area contributed by atoms with Gasteiger partial charge in [0, 0.05) is 23.3 Å². The van der Waals surface area contributed by atoms with Gasteiger partial charge in [0.25, 0.3) is 0 Å². The summed E-state index contributed by atoms with van der Waals surface area (Å²) >= 11 is 3.28. The first kappa shape index (κ1) is 14.0. The minimum absolute atomic E-state index is 0.155. The molecule has 5 heteroatoms. The Morgan fingerprint density at radius 3 is 2.95 bits per heavy atom. The second-order valence-electron chi connectivity index (χ2n) is 3.96. The monoisotopic (exact) mass is 324 g/mol. The molecule has 1 N–H and O–H groups in total. The highest BCUT2D eigenvalue weighted by Gasteiger charge is 2.06. The number of nitrogens with one attached hydrogen (secondary N) is 1. The van der Waals surface area contributed by atoms with Crippen molar-refractivity contribution in [1.29, 1.82) is 0 Å². The Labute approximate surface area is 119 Å². The lowest BCUT2D eigenvalue weighted by atomic mass is 10.2. The van der Waals surface area contributed by atoms with Crippen LogP contribution < -0.4 is 10.1 Å². The van der Waals surface area contributed by atoms with Crippen LogP contribution in [-0.2, 0) is 6.54 Å². The molecule has 0 spiro atoms. The smallest absolute Gasteiger partial charge is 0.219 e. The third-order valence-corrected chi connectivity index (χ3v) is 2.98. The molecular formula is C14H14BrFN2O. The molecule has 0 unspecified atom stereocenters. The molecule has 0 aliphatic carbocycles. The maximum absolute atomic E-state index is 13.6. The average Bonchev–Trinajstić information content (AvgIpc) is 2.41. The molecule has 3 nitrogen and oxygen atoms in total. The van der Waals surface area contributed by atoms with Crippen LogP contribution >= 0.6 is 15.9 Å². The predicted octanol–water partition coefficient (Wildman–Crippen LogP) is 3.89. The van der Waals surface area contributed by atoms with Crippen LogP contribution in [0.4, 0.5) is 4.39 Å². The first-order valence-corrected chi connectivity index (χ1v) is 6.77. The summed E-state index contributed by atoms with van der Waals surface area (Å²) in [6, 6.07) is 8.24. The number of hydrogen-bond donors (Lipinski definition) is 1. The van der Waals surface area contributed by atoms with Gasteiger partial charge in [-0.05, 0) is 36.4 Å². The fourth-order valence-corrected chi connectivity index (χ4v) is 1.89. The molecule has 19 heavy (non-hydrogen) atoms. The van der Waals surface area contributed by atoms with Gasteiger partial charge in [0.1, 0.15) is 0 Å². The largest absolute Gasteiger partial charge is 0.436 e. The van der Waals surface area contributed by atoms with E-state index >= 15 is 0 Å². The number of rotatable bonds is 5. The molecule has 0 saturated carbocycles. The lowest BCUT2D eigenvalue weighted by Crippen LogP contribution is -2.11. The lowest BCUT2D eigenvalue weighted by molar-refractivity contribution is 0.426. The van der Waals surface area contributed by atoms with Crippen molar-refractivity contribution in [2.45, 2.75) is 13.5 Å². The highest BCUT2D eigenvalue weighted by Crippen LogP contribution is 2.26. The van der Waals surface area contributed by atoms with Crippen molar-refractivity contribution in [2.75, 3.05) is 6.54 Å². The second kappa shape index (κ2) is 6.63. The molecule has 0 amide bonds. The standard InChI is InChI=1S/C14H14BrFN2O/c1-2-17-9-10-5-6-18-14(7-10)19-13-8-11(15)3-4-12(13)16/h3-8,17H,2,9H2,1H3. The summed E-state index contributed by atoms with van der Waals surface area (Å²) in [5, 5.41) is 3.21. The Hall–Kier alpha value is -1.46. The van der Waals surface area contributed by atoms with Crippen LogP contribution in [0, 0.1) is 5.82 Å². The van der Waals surface area contributed by atoms with Gasteiger partial charge >= 0.3 is 0 Å². The summed E-state index contributed by atoms with van der Waals surface area (Å²) in [7, 11) is 0. The van der Waals surface area contributed by atoms with Gasteiger partial charge in [-0.15, -0.1) is 0 Å². The molecule has 0 radical (unpaired) electrons. The second-order valence-corrected chi connectivity index (χ2v) is 4.88. The van der Waals surface area contributed by atoms with Gasteiger partial charge in [-0.3, -0.25) is 0 Å². The first-order valence-electron chi connectivity index (χ1n) is 5.97. The molecule has 100 valence electrons. The third kappa shape index (κ3) is 4.01. The van der Waals surface area contributed by atoms with Crippen molar-refractivity contribution in [2.24, 2.45) is 0 Å². The molecule has 1 aromatic heterocycles. The van der Waals surface area contributed by atoms with Gasteiger partial charge in [-0.25, -0.2) is 9.37 Å². The van der Waals surface area contributed by atoms with Crippen LogP contribution in [0.15, 0.2) is 41.0 Å². The van der Waals surface area contributed by atoms with Crippen molar-refractivity contribution in [3.05, 3.63) is 52.4 Å². The van der Waals surface area contributed by atoms with E-state index in [-0.39, 0.29) is 5.75 Å². The van der Waals surface area contributed by atoms with E-state index in [1.807, 2.05) is 13.0 Å². The van der Waals surface area contributed by atoms with E-state index in [9.17, 15) is 4.39 Å². The van der Waals surface area contributed by atoms with Crippen LogP contribution in [0.3, 0.4) is 0 Å². The molecule has 0 fully saturated rings. The van der Waals surface area contributed by atoms with Crippen molar-refractivity contribution in [3.63, 3.8) is 0 Å². The highest BCUT2D eigenvalue weighted by molar-refractivity contribution is 9.10. The number of ether oxygens (including phenoxy) is 1. The fourth-order valence-electron chi connectivity index (χ4n) is 1.55. The molecule has 0 bridgehead atoms. The summed E-state index contributed by atoms with van der Waals surface area (Å²) in [6.45, 7) is 3.66. The van der Waals surface area contributed by atoms with Crippen molar-refractivity contribution < 1.29 is 9.13 Å². The Bertz CT molecular complexity index is 563. The molecular weight excluding hydrogens is 311 g/mol. The van der Waals surface area contributed by atoms with Gasteiger partial charge < -0.3 is 10.1 Å². The van der Waals surface area contributed by atoms with Crippen molar-refractivity contribution in [1.82, 2.24) is 10.3 Å². The summed E-state index contributed by atoms with van der Waals surface area (Å²) in [6.07, 6.45) is 1.65. The zero-order chi connectivity index (χ0) is 13.7. The van der Waals surface area contributed by atoms with E-state index in [1.165, 1.54) is 6.07 Å². The summed E-state index contributed by atoms with van der Waals surface area (Å²) in [5.74, 6) is 0.122. The van der Waals surface area contributed by atoms with Gasteiger partial charge in [-0.2, -0.15) is 0 Å². The first-order chi connectivity index (χ1) is 9.19. The van der Waals surface area contributed by atoms with Gasteiger partial charge in [0.2, 0.25) is 5.88 Å². The number of hydrogen-bond acceptors (Lipinski definition) is 3. The molecule has 0 atom stereocenters. The number of aromatic nitrogens is 1. The third-order valence-electron chi connectivity index (χ3n) is 2.49. The molecule has 2 aromatic rings. The quantitative estimate of drug-likeness (QED) is 0.906. The average molecular weight is 325 g/mol. The SMILES string of the molecule is CCNCc1ccnc(Oc2cc(Br)ccc2F)c1. The zero-order valence-electron chi connectivity index (χ0n) is 10.5. The topological polar surface area (TPSA) is 34.2 Å². The fraction of sp³-hybridized carbons (Fsp3) is 0.214. The van der Waals surface area contributed by atoms with E-state index in [4.69, 9.17) is 4.74 Å². The van der Waals surface area contributed by atoms with Gasteiger partial charge in [0.05, 0.1) is 0 Å². The zero-order valence-corrected chi connectivity index (χ0v) is 12.1. The molecule has 1 heterocycles. The molecule has 1 aromatic carbocycles. The van der Waals surface area contributed by atoms with Crippen molar-refractivity contribution >= 4 is 15.9 Å². The van der Waals surface area contributed by atoms with Crippen molar-refractivity contribution in [3.8, 4) is 11.6 Å². The van der Waals surface area contributed by atoms with Crippen LogP contribution in [-0.4, -0.2) is 11.5 Å². The predicted molar refractivity (Wildman–Crippen MR) is 75.8 cm³/mol. The van der Waals surface area contributed by atoms with Gasteiger partial charge in [0.15, 0.2) is 11.6 Å².